The van der Waals surface area contributed by atoms with Crippen molar-refractivity contribution in [1.82, 2.24) is 5.01 Å². The van der Waals surface area contributed by atoms with Crippen LogP contribution in [0.2, 0.25) is 0 Å². The molecule has 0 spiro atoms. The van der Waals surface area contributed by atoms with Gasteiger partial charge in [-0.2, -0.15) is 5.01 Å². The van der Waals surface area contributed by atoms with E-state index in [2.05, 4.69) is 46.6 Å². The van der Waals surface area contributed by atoms with E-state index < -0.39 is 0 Å². The van der Waals surface area contributed by atoms with Crippen LogP contribution < -0.4 is 5.01 Å². The van der Waals surface area contributed by atoms with Crippen LogP contribution in [-0.2, 0) is 0 Å². The van der Waals surface area contributed by atoms with Crippen LogP contribution in [0.3, 0.4) is 0 Å². The highest BCUT2D eigenvalue weighted by molar-refractivity contribution is 4.62. The van der Waals surface area contributed by atoms with Crippen molar-refractivity contribution in [2.24, 2.45) is 0 Å². The van der Waals surface area contributed by atoms with Crippen molar-refractivity contribution in [2.75, 3.05) is 13.1 Å². The number of nitrogens with one attached hydrogen (secondary N) is 1. The Morgan fingerprint density at radius 2 is 1.35 bits per heavy atom. The van der Waals surface area contributed by atoms with E-state index >= 15 is 0 Å². The minimum atomic E-state index is 0.755. The van der Waals surface area contributed by atoms with E-state index in [1.165, 1.54) is 45.2 Å². The highest BCUT2D eigenvalue weighted by Crippen LogP contribution is 2.06. The van der Waals surface area contributed by atoms with Gasteiger partial charge in [0, 0.05) is 6.54 Å². The molecule has 1 atom stereocenters. The molecule has 0 bridgehead atoms. The maximum Gasteiger partial charge on any atom is 0.104 e. The smallest absolute Gasteiger partial charge is 0.104 e. The molecule has 0 amide bonds. The molecule has 0 aromatic rings. The lowest BCUT2D eigenvalue weighted by Gasteiger charge is -2.39. The lowest BCUT2D eigenvalue weighted by molar-refractivity contribution is -1.04. The van der Waals surface area contributed by atoms with Crippen LogP contribution in [0.15, 0.2) is 0 Å². The minimum Gasteiger partial charge on any atom is -0.252 e. The summed E-state index contributed by atoms with van der Waals surface area (Å²) in [6.45, 7) is 16.4. The molecule has 0 fully saturated rings. The zero-order chi connectivity index (χ0) is 13.3. The van der Waals surface area contributed by atoms with Crippen LogP contribution in [-0.4, -0.2) is 30.2 Å². The van der Waals surface area contributed by atoms with Crippen LogP contribution in [0, 0.1) is 0 Å². The van der Waals surface area contributed by atoms with Gasteiger partial charge < -0.3 is 0 Å². The van der Waals surface area contributed by atoms with E-state index in [0.29, 0.717) is 0 Å². The van der Waals surface area contributed by atoms with Crippen molar-refractivity contribution in [3.63, 3.8) is 0 Å². The second kappa shape index (κ2) is 9.90. The van der Waals surface area contributed by atoms with Crippen molar-refractivity contribution in [3.8, 4) is 0 Å². The minimum absolute atomic E-state index is 0.755. The first-order chi connectivity index (χ1) is 8.19. The summed E-state index contributed by atoms with van der Waals surface area (Å²) in [4.78, 5) is 0. The normalized spacial score (nSPS) is 13.9. The second-order valence-electron chi connectivity index (χ2n) is 5.02. The summed E-state index contributed by atoms with van der Waals surface area (Å²) in [6, 6.07) is 1.55. The molecule has 2 heteroatoms. The SMILES string of the molecule is CCCN(C(CC)CC)[NH+](CC)C(CC)CC. The molecular weight excluding hydrogens is 208 g/mol. The first kappa shape index (κ1) is 16.9. The van der Waals surface area contributed by atoms with Gasteiger partial charge in [0.05, 0.1) is 12.6 Å². The summed E-state index contributed by atoms with van der Waals surface area (Å²) < 4.78 is 0. The Hall–Kier alpha value is -0.0800. The van der Waals surface area contributed by atoms with Crippen LogP contribution in [0.1, 0.15) is 73.6 Å². The maximum absolute atomic E-state index is 2.73. The van der Waals surface area contributed by atoms with Crippen LogP contribution in [0.5, 0.6) is 0 Å². The van der Waals surface area contributed by atoms with Crippen LogP contribution in [0.4, 0.5) is 0 Å². The molecule has 0 rings (SSSR count). The monoisotopic (exact) mass is 243 g/mol. The van der Waals surface area contributed by atoms with Gasteiger partial charge in [-0.15, -0.1) is 0 Å². The topological polar surface area (TPSA) is 7.68 Å². The summed E-state index contributed by atoms with van der Waals surface area (Å²) in [5.41, 5.74) is 0. The quantitative estimate of drug-likeness (QED) is 0.580. The molecular formula is C15H35N2+. The molecule has 0 radical (unpaired) electrons. The van der Waals surface area contributed by atoms with Gasteiger partial charge in [0.15, 0.2) is 0 Å². The van der Waals surface area contributed by atoms with Gasteiger partial charge in [0.1, 0.15) is 6.04 Å². The van der Waals surface area contributed by atoms with E-state index in [4.69, 9.17) is 0 Å². The molecule has 1 unspecified atom stereocenters. The molecule has 1 N–H and O–H groups in total. The molecule has 104 valence electrons. The highest BCUT2D eigenvalue weighted by Gasteiger charge is 2.28. The summed E-state index contributed by atoms with van der Waals surface area (Å²) in [5.74, 6) is 0. The molecule has 0 saturated heterocycles. The number of hydrogen-bond donors (Lipinski definition) is 1. The van der Waals surface area contributed by atoms with Gasteiger partial charge in [0.25, 0.3) is 0 Å². The highest BCUT2D eigenvalue weighted by atomic mass is 15.6. The van der Waals surface area contributed by atoms with E-state index in [1.807, 2.05) is 0 Å². The van der Waals surface area contributed by atoms with Gasteiger partial charge in [-0.25, -0.2) is 0 Å². The van der Waals surface area contributed by atoms with Crippen LogP contribution in [0.25, 0.3) is 0 Å². The standard InChI is InChI=1S/C15H34N2/c1-7-13-17(15(10-4)11-5)16(12-6)14(8-2)9-3/h14-15H,7-13H2,1-6H3/p+1. The number of nitrogens with zero attached hydrogens (tertiary/aromatic N) is 1. The zero-order valence-electron chi connectivity index (χ0n) is 13.1. The van der Waals surface area contributed by atoms with Crippen molar-refractivity contribution in [1.29, 1.82) is 0 Å². The maximum atomic E-state index is 2.73. The van der Waals surface area contributed by atoms with Gasteiger partial charge in [-0.3, -0.25) is 5.01 Å². The number of quaternary nitrogens is 1. The Morgan fingerprint density at radius 1 is 0.824 bits per heavy atom. The fourth-order valence-electron chi connectivity index (χ4n) is 3.02. The fourth-order valence-corrected chi connectivity index (χ4v) is 3.02. The van der Waals surface area contributed by atoms with Crippen molar-refractivity contribution in [3.05, 3.63) is 0 Å². The summed E-state index contributed by atoms with van der Waals surface area (Å²) in [7, 11) is 0. The van der Waals surface area contributed by atoms with Crippen LogP contribution >= 0.6 is 0 Å². The Balaban J connectivity index is 4.82. The third-order valence-electron chi connectivity index (χ3n) is 4.04. The van der Waals surface area contributed by atoms with E-state index in [9.17, 15) is 0 Å². The average Bonchev–Trinajstić information content (AvgIpc) is 2.36. The van der Waals surface area contributed by atoms with Gasteiger partial charge >= 0.3 is 0 Å². The Kier molecular flexibility index (Phi) is 9.85. The van der Waals surface area contributed by atoms with Crippen molar-refractivity contribution < 1.29 is 5.01 Å². The molecule has 0 aliphatic rings. The molecule has 0 aliphatic heterocycles. The predicted octanol–water partition coefficient (Wildman–Crippen LogP) is 2.90. The van der Waals surface area contributed by atoms with Gasteiger partial charge in [-0.1, -0.05) is 34.6 Å². The molecule has 17 heavy (non-hydrogen) atoms. The Labute approximate surface area is 109 Å². The first-order valence-corrected chi connectivity index (χ1v) is 7.82. The summed E-state index contributed by atoms with van der Waals surface area (Å²) >= 11 is 0. The fraction of sp³-hybridized carbons (Fsp3) is 1.00. The second-order valence-corrected chi connectivity index (χ2v) is 5.02. The number of rotatable bonds is 10. The molecule has 0 aromatic heterocycles. The summed E-state index contributed by atoms with van der Waals surface area (Å²) in [6.07, 6.45) is 6.40. The predicted molar refractivity (Wildman–Crippen MR) is 77.2 cm³/mol. The third-order valence-corrected chi connectivity index (χ3v) is 4.04. The van der Waals surface area contributed by atoms with E-state index in [0.717, 1.165) is 12.1 Å². The molecule has 0 saturated carbocycles. The lowest BCUT2D eigenvalue weighted by atomic mass is 10.1. The Morgan fingerprint density at radius 3 is 1.65 bits per heavy atom. The molecule has 2 nitrogen and oxygen atoms in total. The van der Waals surface area contributed by atoms with Gasteiger partial charge in [-0.05, 0) is 39.0 Å². The summed E-state index contributed by atoms with van der Waals surface area (Å²) in [5, 5.41) is 4.45. The average molecular weight is 243 g/mol. The zero-order valence-corrected chi connectivity index (χ0v) is 13.1. The number of hydrogen-bond acceptors (Lipinski definition) is 1. The first-order valence-electron chi connectivity index (χ1n) is 7.82. The van der Waals surface area contributed by atoms with Crippen molar-refractivity contribution in [2.45, 2.75) is 85.7 Å². The largest absolute Gasteiger partial charge is 0.252 e. The Bertz CT molecular complexity index is 162. The molecule has 0 heterocycles. The van der Waals surface area contributed by atoms with E-state index in [-0.39, 0.29) is 0 Å². The molecule has 0 aromatic carbocycles. The van der Waals surface area contributed by atoms with Gasteiger partial charge in [0.2, 0.25) is 0 Å². The van der Waals surface area contributed by atoms with Crippen molar-refractivity contribution >= 4 is 0 Å². The molecule has 0 aliphatic carbocycles. The van der Waals surface area contributed by atoms with E-state index in [1.54, 1.807) is 5.01 Å². The lowest BCUT2D eigenvalue weighted by Crippen LogP contribution is -3.22. The third kappa shape index (κ3) is 4.97.